The van der Waals surface area contributed by atoms with Crippen molar-refractivity contribution in [1.82, 2.24) is 0 Å². The van der Waals surface area contributed by atoms with E-state index < -0.39 is 0 Å². The summed E-state index contributed by atoms with van der Waals surface area (Å²) >= 11 is 11.7. The van der Waals surface area contributed by atoms with Crippen LogP contribution in [0.2, 0.25) is 10.0 Å². The summed E-state index contributed by atoms with van der Waals surface area (Å²) in [6, 6.07) is 5.13. The Kier molecular flexibility index (Phi) is 6.27. The number of unbranched alkanes of at least 4 members (excludes halogenated alkanes) is 3. The van der Waals surface area contributed by atoms with E-state index in [0.717, 1.165) is 19.3 Å². The molecule has 1 aromatic rings. The van der Waals surface area contributed by atoms with Crippen molar-refractivity contribution in [3.63, 3.8) is 0 Å². The average molecular weight is 260 g/mol. The van der Waals surface area contributed by atoms with Crippen molar-refractivity contribution in [2.24, 2.45) is 0 Å². The van der Waals surface area contributed by atoms with E-state index >= 15 is 0 Å². The normalized spacial score (nSPS) is 10.1. The molecule has 2 nitrogen and oxygen atoms in total. The zero-order chi connectivity index (χ0) is 11.8. The Morgan fingerprint density at radius 1 is 1.19 bits per heavy atom. The lowest BCUT2D eigenvalue weighted by molar-refractivity contribution is 0.306. The third kappa shape index (κ3) is 4.86. The lowest BCUT2D eigenvalue weighted by Gasteiger charge is -2.07. The van der Waals surface area contributed by atoms with Gasteiger partial charge in [-0.3, -0.25) is 4.79 Å². The fourth-order valence-corrected chi connectivity index (χ4v) is 1.58. The standard InChI is InChI=1S/C12H13Cl2O2/c13-10-5-6-11(14)12(9-10)16-8-4-2-1-3-7-15/h5-6,9H,1-4,8H2. The number of ether oxygens (including phenoxy) is 1. The van der Waals surface area contributed by atoms with Crippen LogP contribution in [0.4, 0.5) is 0 Å². The van der Waals surface area contributed by atoms with Crippen molar-refractivity contribution in [2.75, 3.05) is 6.61 Å². The van der Waals surface area contributed by atoms with Crippen LogP contribution in [-0.2, 0) is 4.79 Å². The first-order chi connectivity index (χ1) is 7.74. The summed E-state index contributed by atoms with van der Waals surface area (Å²) in [5.41, 5.74) is 0. The van der Waals surface area contributed by atoms with Crippen molar-refractivity contribution in [2.45, 2.75) is 25.7 Å². The van der Waals surface area contributed by atoms with Gasteiger partial charge in [0, 0.05) is 17.5 Å². The topological polar surface area (TPSA) is 26.3 Å². The molecule has 0 saturated heterocycles. The molecule has 1 radical (unpaired) electrons. The number of benzene rings is 1. The summed E-state index contributed by atoms with van der Waals surface area (Å²) in [6.45, 7) is 0.582. The summed E-state index contributed by atoms with van der Waals surface area (Å²) < 4.78 is 5.48. The summed E-state index contributed by atoms with van der Waals surface area (Å²) in [5, 5.41) is 1.17. The van der Waals surface area contributed by atoms with Gasteiger partial charge < -0.3 is 4.74 Å². The molecule has 0 unspecified atom stereocenters. The summed E-state index contributed by atoms with van der Waals surface area (Å²) in [7, 11) is 0. The molecule has 16 heavy (non-hydrogen) atoms. The van der Waals surface area contributed by atoms with Gasteiger partial charge in [0.2, 0.25) is 0 Å². The SMILES string of the molecule is O=[C]CCCCCOc1cc(Cl)ccc1Cl. The second-order valence-electron chi connectivity index (χ2n) is 3.38. The minimum absolute atomic E-state index is 0.498. The Hall–Kier alpha value is -0.730. The third-order valence-electron chi connectivity index (χ3n) is 2.07. The summed E-state index contributed by atoms with van der Waals surface area (Å²) in [5.74, 6) is 0.608. The first kappa shape index (κ1) is 13.3. The monoisotopic (exact) mass is 259 g/mol. The van der Waals surface area contributed by atoms with E-state index in [1.807, 2.05) is 6.29 Å². The van der Waals surface area contributed by atoms with Crippen LogP contribution in [-0.4, -0.2) is 12.9 Å². The number of carbonyl (C=O) groups excluding carboxylic acids is 1. The van der Waals surface area contributed by atoms with Crippen LogP contribution in [0, 0.1) is 0 Å². The minimum atomic E-state index is 0.498. The van der Waals surface area contributed by atoms with Crippen LogP contribution in [0.1, 0.15) is 25.7 Å². The van der Waals surface area contributed by atoms with Crippen LogP contribution in [0.5, 0.6) is 5.75 Å². The van der Waals surface area contributed by atoms with Crippen LogP contribution in [0.25, 0.3) is 0 Å². The predicted octanol–water partition coefficient (Wildman–Crippen LogP) is 4.04. The van der Waals surface area contributed by atoms with Gasteiger partial charge in [-0.2, -0.15) is 0 Å². The summed E-state index contributed by atoms with van der Waals surface area (Å²) in [4.78, 5) is 9.95. The molecule has 0 fully saturated rings. The van der Waals surface area contributed by atoms with Crippen molar-refractivity contribution < 1.29 is 9.53 Å². The van der Waals surface area contributed by atoms with E-state index in [1.165, 1.54) is 0 Å². The highest BCUT2D eigenvalue weighted by Gasteiger charge is 2.01. The highest BCUT2D eigenvalue weighted by molar-refractivity contribution is 6.34. The molecule has 0 atom stereocenters. The maximum absolute atomic E-state index is 9.95. The van der Waals surface area contributed by atoms with E-state index in [-0.39, 0.29) is 0 Å². The Labute approximate surface area is 106 Å². The molecule has 0 N–H and O–H groups in total. The van der Waals surface area contributed by atoms with Gasteiger partial charge in [0.1, 0.15) is 5.75 Å². The molecule has 0 aromatic heterocycles. The van der Waals surface area contributed by atoms with Gasteiger partial charge in [0.15, 0.2) is 6.29 Å². The van der Waals surface area contributed by atoms with Crippen LogP contribution in [0.3, 0.4) is 0 Å². The molecule has 1 aromatic carbocycles. The van der Waals surface area contributed by atoms with Gasteiger partial charge in [-0.15, -0.1) is 0 Å². The highest BCUT2D eigenvalue weighted by atomic mass is 35.5. The van der Waals surface area contributed by atoms with Crippen LogP contribution in [0.15, 0.2) is 18.2 Å². The van der Waals surface area contributed by atoms with E-state index in [2.05, 4.69) is 0 Å². The molecular weight excluding hydrogens is 247 g/mol. The third-order valence-corrected chi connectivity index (χ3v) is 2.62. The van der Waals surface area contributed by atoms with E-state index in [4.69, 9.17) is 27.9 Å². The maximum Gasteiger partial charge on any atom is 0.198 e. The molecule has 0 bridgehead atoms. The van der Waals surface area contributed by atoms with Gasteiger partial charge in [-0.1, -0.05) is 23.2 Å². The Bertz CT molecular complexity index is 340. The predicted molar refractivity (Wildman–Crippen MR) is 66.1 cm³/mol. The van der Waals surface area contributed by atoms with Gasteiger partial charge in [0.25, 0.3) is 0 Å². The van der Waals surface area contributed by atoms with Crippen molar-refractivity contribution in [3.8, 4) is 5.75 Å². The Balaban J connectivity index is 2.26. The van der Waals surface area contributed by atoms with Gasteiger partial charge in [-0.25, -0.2) is 0 Å². The first-order valence-electron chi connectivity index (χ1n) is 5.17. The second-order valence-corrected chi connectivity index (χ2v) is 4.22. The fraction of sp³-hybridized carbons (Fsp3) is 0.417. The smallest absolute Gasteiger partial charge is 0.198 e. The zero-order valence-corrected chi connectivity index (χ0v) is 10.4. The van der Waals surface area contributed by atoms with Crippen LogP contribution < -0.4 is 4.74 Å². The number of halogens is 2. The minimum Gasteiger partial charge on any atom is -0.492 e. The van der Waals surface area contributed by atoms with E-state index in [0.29, 0.717) is 28.8 Å². The van der Waals surface area contributed by atoms with Crippen LogP contribution >= 0.6 is 23.2 Å². The fourth-order valence-electron chi connectivity index (χ4n) is 1.25. The molecule has 1 rings (SSSR count). The molecular formula is C12H13Cl2O2. The Morgan fingerprint density at radius 2 is 2.00 bits per heavy atom. The molecule has 0 aliphatic heterocycles. The number of hydrogen-bond acceptors (Lipinski definition) is 2. The van der Waals surface area contributed by atoms with Gasteiger partial charge >= 0.3 is 0 Å². The molecule has 0 amide bonds. The molecule has 4 heteroatoms. The lowest BCUT2D eigenvalue weighted by atomic mass is 10.2. The first-order valence-corrected chi connectivity index (χ1v) is 5.92. The van der Waals surface area contributed by atoms with Gasteiger partial charge in [0.05, 0.1) is 11.6 Å². The molecule has 0 aliphatic rings. The lowest BCUT2D eigenvalue weighted by Crippen LogP contribution is -1.97. The maximum atomic E-state index is 9.95. The number of hydrogen-bond donors (Lipinski definition) is 0. The Morgan fingerprint density at radius 3 is 2.75 bits per heavy atom. The zero-order valence-electron chi connectivity index (χ0n) is 8.84. The molecule has 0 saturated carbocycles. The molecule has 0 heterocycles. The van der Waals surface area contributed by atoms with E-state index in [9.17, 15) is 4.79 Å². The largest absolute Gasteiger partial charge is 0.492 e. The number of rotatable bonds is 7. The molecule has 0 spiro atoms. The van der Waals surface area contributed by atoms with Gasteiger partial charge in [-0.05, 0) is 31.4 Å². The quantitative estimate of drug-likeness (QED) is 0.691. The van der Waals surface area contributed by atoms with Crippen molar-refractivity contribution >= 4 is 29.5 Å². The molecule has 87 valence electrons. The van der Waals surface area contributed by atoms with Crippen molar-refractivity contribution in [1.29, 1.82) is 0 Å². The average Bonchev–Trinajstić information content (AvgIpc) is 2.28. The van der Waals surface area contributed by atoms with Crippen molar-refractivity contribution in [3.05, 3.63) is 28.2 Å². The molecule has 0 aliphatic carbocycles. The summed E-state index contributed by atoms with van der Waals surface area (Å²) in [6.07, 6.45) is 5.06. The highest BCUT2D eigenvalue weighted by Crippen LogP contribution is 2.27. The van der Waals surface area contributed by atoms with E-state index in [1.54, 1.807) is 18.2 Å². The second kappa shape index (κ2) is 7.53.